The van der Waals surface area contributed by atoms with Gasteiger partial charge in [0.25, 0.3) is 5.91 Å². The number of carbonyl (C=O) groups excluding carboxylic acids is 1. The molecule has 0 fully saturated rings. The average Bonchev–Trinajstić information content (AvgIpc) is 2.40. The summed E-state index contributed by atoms with van der Waals surface area (Å²) in [6, 6.07) is 7.34. The van der Waals surface area contributed by atoms with Crippen molar-refractivity contribution in [2.75, 3.05) is 11.1 Å². The van der Waals surface area contributed by atoms with Crippen LogP contribution in [-0.2, 0) is 6.18 Å². The van der Waals surface area contributed by atoms with E-state index in [-0.39, 0.29) is 16.9 Å². The molecule has 0 saturated heterocycles. The molecule has 2 aromatic carbocycles. The Morgan fingerprint density at radius 3 is 2.19 bits per heavy atom. The van der Waals surface area contributed by atoms with Crippen molar-refractivity contribution in [1.82, 2.24) is 0 Å². The van der Waals surface area contributed by atoms with Gasteiger partial charge in [0.1, 0.15) is 5.82 Å². The highest BCUT2D eigenvalue weighted by Crippen LogP contribution is 2.32. The van der Waals surface area contributed by atoms with Crippen molar-refractivity contribution < 1.29 is 22.4 Å². The van der Waals surface area contributed by atoms with E-state index in [4.69, 9.17) is 5.73 Å². The lowest BCUT2D eigenvalue weighted by atomic mass is 10.1. The number of anilines is 2. The fraction of sp³-hybridized carbons (Fsp3) is 0.0714. The number of alkyl halides is 3. The van der Waals surface area contributed by atoms with Gasteiger partial charge in [-0.3, -0.25) is 4.79 Å². The maximum absolute atomic E-state index is 12.7. The first-order chi connectivity index (χ1) is 9.77. The fourth-order valence-corrected chi connectivity index (χ4v) is 1.65. The zero-order chi connectivity index (χ0) is 15.6. The highest BCUT2D eigenvalue weighted by Gasteiger charge is 2.30. The van der Waals surface area contributed by atoms with Crippen molar-refractivity contribution in [2.45, 2.75) is 6.18 Å². The molecule has 0 bridgehead atoms. The van der Waals surface area contributed by atoms with Crippen LogP contribution in [0.25, 0.3) is 0 Å². The predicted molar refractivity (Wildman–Crippen MR) is 70.2 cm³/mol. The van der Waals surface area contributed by atoms with Crippen LogP contribution in [0.15, 0.2) is 42.5 Å². The van der Waals surface area contributed by atoms with Crippen LogP contribution in [0.1, 0.15) is 15.9 Å². The molecule has 3 nitrogen and oxygen atoms in total. The van der Waals surface area contributed by atoms with Gasteiger partial charge in [-0.2, -0.15) is 13.2 Å². The Hall–Kier alpha value is -2.57. The molecule has 2 rings (SSSR count). The molecule has 0 aliphatic heterocycles. The first-order valence-electron chi connectivity index (χ1n) is 5.81. The molecule has 1 amide bonds. The quantitative estimate of drug-likeness (QED) is 0.656. The van der Waals surface area contributed by atoms with E-state index in [0.717, 1.165) is 30.3 Å². The number of nitrogens with two attached hydrogens (primary N) is 1. The van der Waals surface area contributed by atoms with Crippen molar-refractivity contribution in [2.24, 2.45) is 0 Å². The van der Waals surface area contributed by atoms with Crippen LogP contribution < -0.4 is 11.1 Å². The molecule has 0 atom stereocenters. The van der Waals surface area contributed by atoms with E-state index < -0.39 is 23.5 Å². The Morgan fingerprint density at radius 2 is 1.67 bits per heavy atom. The number of amides is 1. The summed E-state index contributed by atoms with van der Waals surface area (Å²) in [5.41, 5.74) is 4.60. The summed E-state index contributed by atoms with van der Waals surface area (Å²) >= 11 is 0. The Bertz CT molecular complexity index is 666. The molecule has 0 spiro atoms. The molecule has 0 radical (unpaired) electrons. The zero-order valence-electron chi connectivity index (χ0n) is 10.5. The molecule has 110 valence electrons. The van der Waals surface area contributed by atoms with Crippen LogP contribution >= 0.6 is 0 Å². The van der Waals surface area contributed by atoms with Gasteiger partial charge in [0.05, 0.1) is 16.9 Å². The van der Waals surface area contributed by atoms with Gasteiger partial charge in [0.15, 0.2) is 0 Å². The molecular formula is C14H10F4N2O. The monoisotopic (exact) mass is 298 g/mol. The second-order valence-corrected chi connectivity index (χ2v) is 4.26. The van der Waals surface area contributed by atoms with Gasteiger partial charge in [0, 0.05) is 5.56 Å². The van der Waals surface area contributed by atoms with E-state index >= 15 is 0 Å². The summed E-state index contributed by atoms with van der Waals surface area (Å²) in [7, 11) is 0. The van der Waals surface area contributed by atoms with E-state index in [2.05, 4.69) is 5.32 Å². The van der Waals surface area contributed by atoms with E-state index in [0.29, 0.717) is 0 Å². The van der Waals surface area contributed by atoms with Crippen LogP contribution in [-0.4, -0.2) is 5.91 Å². The summed E-state index contributed by atoms with van der Waals surface area (Å²) in [6.45, 7) is 0. The maximum atomic E-state index is 12.7. The van der Waals surface area contributed by atoms with Gasteiger partial charge in [-0.15, -0.1) is 0 Å². The normalized spacial score (nSPS) is 11.2. The minimum Gasteiger partial charge on any atom is -0.397 e. The number of nitrogens with one attached hydrogen (secondary N) is 1. The minimum atomic E-state index is -4.51. The number of benzene rings is 2. The molecule has 0 aliphatic rings. The van der Waals surface area contributed by atoms with E-state index in [1.165, 1.54) is 12.1 Å². The molecular weight excluding hydrogens is 288 g/mol. The topological polar surface area (TPSA) is 55.1 Å². The molecule has 7 heteroatoms. The predicted octanol–water partition coefficient (Wildman–Crippen LogP) is 3.68. The van der Waals surface area contributed by atoms with Crippen LogP contribution in [0.3, 0.4) is 0 Å². The second kappa shape index (κ2) is 5.43. The largest absolute Gasteiger partial charge is 0.416 e. The summed E-state index contributed by atoms with van der Waals surface area (Å²) < 4.78 is 50.2. The van der Waals surface area contributed by atoms with Crippen molar-refractivity contribution in [3.05, 3.63) is 59.4 Å². The Kier molecular flexibility index (Phi) is 3.84. The van der Waals surface area contributed by atoms with Gasteiger partial charge in [0.2, 0.25) is 0 Å². The third-order valence-electron chi connectivity index (χ3n) is 2.73. The van der Waals surface area contributed by atoms with Gasteiger partial charge < -0.3 is 11.1 Å². The number of nitrogen functional groups attached to an aromatic ring is 1. The van der Waals surface area contributed by atoms with Gasteiger partial charge >= 0.3 is 6.18 Å². The highest BCUT2D eigenvalue weighted by molar-refractivity contribution is 6.05. The Labute approximate surface area is 117 Å². The molecule has 2 aromatic rings. The van der Waals surface area contributed by atoms with E-state index in [1.54, 1.807) is 0 Å². The first-order valence-corrected chi connectivity index (χ1v) is 5.81. The molecule has 0 aliphatic carbocycles. The summed E-state index contributed by atoms with van der Waals surface area (Å²) in [4.78, 5) is 11.8. The maximum Gasteiger partial charge on any atom is 0.416 e. The molecule has 0 aromatic heterocycles. The number of hydrogen-bond donors (Lipinski definition) is 2. The zero-order valence-corrected chi connectivity index (χ0v) is 10.5. The Morgan fingerprint density at radius 1 is 1.05 bits per heavy atom. The number of rotatable bonds is 2. The molecule has 0 unspecified atom stereocenters. The van der Waals surface area contributed by atoms with E-state index in [9.17, 15) is 22.4 Å². The summed E-state index contributed by atoms with van der Waals surface area (Å²) in [5.74, 6) is -1.10. The average molecular weight is 298 g/mol. The van der Waals surface area contributed by atoms with Crippen LogP contribution in [0.4, 0.5) is 28.9 Å². The van der Waals surface area contributed by atoms with Crippen molar-refractivity contribution in [3.63, 3.8) is 0 Å². The van der Waals surface area contributed by atoms with Crippen molar-refractivity contribution >= 4 is 17.3 Å². The molecule has 21 heavy (non-hydrogen) atoms. The molecule has 0 heterocycles. The number of carbonyl (C=O) groups is 1. The standard InChI is InChI=1S/C14H10F4N2O/c15-10-4-1-8(2-5-10)13(21)20-12-6-3-9(7-11(12)19)14(16,17)18/h1-7H,19H2,(H,20,21). The third-order valence-corrected chi connectivity index (χ3v) is 2.73. The minimum absolute atomic E-state index is 0.0531. The second-order valence-electron chi connectivity index (χ2n) is 4.26. The van der Waals surface area contributed by atoms with Gasteiger partial charge in [-0.1, -0.05) is 0 Å². The van der Waals surface area contributed by atoms with Crippen molar-refractivity contribution in [3.8, 4) is 0 Å². The highest BCUT2D eigenvalue weighted by atomic mass is 19.4. The SMILES string of the molecule is Nc1cc(C(F)(F)F)ccc1NC(=O)c1ccc(F)cc1. The fourth-order valence-electron chi connectivity index (χ4n) is 1.65. The summed E-state index contributed by atoms with van der Waals surface area (Å²) in [6.07, 6.45) is -4.51. The first kappa shape index (κ1) is 14.8. The smallest absolute Gasteiger partial charge is 0.397 e. The van der Waals surface area contributed by atoms with E-state index in [1.807, 2.05) is 0 Å². The lowest BCUT2D eigenvalue weighted by Crippen LogP contribution is -2.14. The lowest BCUT2D eigenvalue weighted by molar-refractivity contribution is -0.137. The molecule has 3 N–H and O–H groups in total. The van der Waals surface area contributed by atoms with Crippen LogP contribution in [0, 0.1) is 5.82 Å². The van der Waals surface area contributed by atoms with Crippen molar-refractivity contribution in [1.29, 1.82) is 0 Å². The van der Waals surface area contributed by atoms with Crippen LogP contribution in [0.2, 0.25) is 0 Å². The number of halogens is 4. The lowest BCUT2D eigenvalue weighted by Gasteiger charge is -2.12. The van der Waals surface area contributed by atoms with Gasteiger partial charge in [-0.25, -0.2) is 4.39 Å². The molecule has 0 saturated carbocycles. The number of hydrogen-bond acceptors (Lipinski definition) is 2. The third kappa shape index (κ3) is 3.50. The summed E-state index contributed by atoms with van der Waals surface area (Å²) in [5, 5.41) is 2.37. The van der Waals surface area contributed by atoms with Gasteiger partial charge in [-0.05, 0) is 42.5 Å². The van der Waals surface area contributed by atoms with Crippen LogP contribution in [0.5, 0.6) is 0 Å². The Balaban J connectivity index is 2.20.